The second kappa shape index (κ2) is 12.5. The molecular weight excluding hydrogens is 367 g/mol. The second-order valence-electron chi connectivity index (χ2n) is 5.41. The van der Waals surface area contributed by atoms with Crippen LogP contribution >= 0.6 is 0 Å². The molecule has 1 fully saturated rings. The smallest absolute Gasteiger partial charge is 0.222 e. The fourth-order valence-corrected chi connectivity index (χ4v) is 4.11. The summed E-state index contributed by atoms with van der Waals surface area (Å²) in [5, 5.41) is 0. The molecule has 0 aromatic carbocycles. The lowest BCUT2D eigenvalue weighted by Crippen LogP contribution is -3.00. The Hall–Kier alpha value is 0.780. The molecule has 1 nitrogen and oxygen atoms in total. The number of hydrogen-bond donors (Lipinski definition) is 0. The molecule has 0 bridgehead atoms. The minimum atomic E-state index is 0. The zero-order valence-corrected chi connectivity index (χ0v) is 15.7. The van der Waals surface area contributed by atoms with Gasteiger partial charge in [-0.25, -0.2) is 0 Å². The van der Waals surface area contributed by atoms with Crippen LogP contribution in [0, 0.1) is 0 Å². The van der Waals surface area contributed by atoms with Crippen molar-refractivity contribution in [3.8, 4) is 0 Å². The van der Waals surface area contributed by atoms with Gasteiger partial charge in [0.2, 0.25) is 5.44 Å². The molecule has 1 saturated heterocycles. The molecule has 0 aromatic rings. The first-order chi connectivity index (χ1) is 8.75. The highest BCUT2D eigenvalue weighted by atomic mass is 127. The largest absolute Gasteiger partial charge is 1.00 e. The monoisotopic (exact) mass is 398 g/mol. The first-order valence-corrected chi connectivity index (χ1v) is 9.39. The molecule has 1 rings (SSSR count). The standard InChI is InChI=1S/C16H31OS.HI/c1-4-5-6-7-8-9-10-12-15(2)18(3)16-13-11-14-17-16;/h16H,2,4-14H2,1,3H3;1H/q+1;/p-1. The van der Waals surface area contributed by atoms with Crippen LogP contribution in [0.4, 0.5) is 0 Å². The van der Waals surface area contributed by atoms with Crippen molar-refractivity contribution < 1.29 is 28.7 Å². The quantitative estimate of drug-likeness (QED) is 0.311. The van der Waals surface area contributed by atoms with Crippen LogP contribution in [0.1, 0.15) is 71.1 Å². The predicted octanol–water partition coefficient (Wildman–Crippen LogP) is 2.03. The normalized spacial score (nSPS) is 20.0. The average Bonchev–Trinajstić information content (AvgIpc) is 2.90. The van der Waals surface area contributed by atoms with Gasteiger partial charge in [-0.2, -0.15) is 0 Å². The van der Waals surface area contributed by atoms with Crippen LogP contribution in [0.25, 0.3) is 0 Å². The second-order valence-corrected chi connectivity index (χ2v) is 7.63. The molecule has 2 atom stereocenters. The van der Waals surface area contributed by atoms with Gasteiger partial charge in [-0.15, -0.1) is 0 Å². The number of unbranched alkanes of at least 4 members (excludes halogenated alkanes) is 6. The molecule has 1 aliphatic rings. The molecular formula is C16H31IOS. The Bertz CT molecular complexity index is 227. The van der Waals surface area contributed by atoms with Gasteiger partial charge in [0.15, 0.2) is 0 Å². The molecule has 0 aromatic heterocycles. The number of halogens is 1. The third-order valence-corrected chi connectivity index (χ3v) is 6.07. The fraction of sp³-hybridized carbons (Fsp3) is 0.875. The van der Waals surface area contributed by atoms with Crippen molar-refractivity contribution in [2.75, 3.05) is 12.9 Å². The maximum absolute atomic E-state index is 5.76. The van der Waals surface area contributed by atoms with Crippen molar-refractivity contribution in [3.05, 3.63) is 11.5 Å². The van der Waals surface area contributed by atoms with Gasteiger partial charge in [-0.05, 0) is 19.4 Å². The molecule has 0 radical (unpaired) electrons. The summed E-state index contributed by atoms with van der Waals surface area (Å²) in [6, 6.07) is 0. The highest BCUT2D eigenvalue weighted by Crippen LogP contribution is 2.26. The van der Waals surface area contributed by atoms with Gasteiger partial charge in [0, 0.05) is 23.7 Å². The van der Waals surface area contributed by atoms with E-state index >= 15 is 0 Å². The Morgan fingerprint density at radius 3 is 2.37 bits per heavy atom. The van der Waals surface area contributed by atoms with Gasteiger partial charge in [-0.1, -0.05) is 45.4 Å². The molecule has 0 amide bonds. The van der Waals surface area contributed by atoms with Crippen LogP contribution in [0.3, 0.4) is 0 Å². The summed E-state index contributed by atoms with van der Waals surface area (Å²) < 4.78 is 5.76. The Labute approximate surface area is 140 Å². The van der Waals surface area contributed by atoms with Crippen LogP contribution in [0.15, 0.2) is 11.5 Å². The van der Waals surface area contributed by atoms with E-state index in [1.165, 1.54) is 69.1 Å². The third kappa shape index (κ3) is 8.61. The summed E-state index contributed by atoms with van der Waals surface area (Å²) in [6.45, 7) is 7.52. The summed E-state index contributed by atoms with van der Waals surface area (Å²) in [6.07, 6.45) is 15.7. The molecule has 3 heteroatoms. The summed E-state index contributed by atoms with van der Waals surface area (Å²) in [5.74, 6) is 0. The fourth-order valence-electron chi connectivity index (χ4n) is 2.45. The average molecular weight is 398 g/mol. The summed E-state index contributed by atoms with van der Waals surface area (Å²) in [7, 11) is 0.283. The Morgan fingerprint density at radius 1 is 1.16 bits per heavy atom. The van der Waals surface area contributed by atoms with Crippen molar-refractivity contribution in [3.63, 3.8) is 0 Å². The Balaban J connectivity index is 0.00000324. The third-order valence-electron chi connectivity index (χ3n) is 3.80. The van der Waals surface area contributed by atoms with E-state index in [1.807, 2.05) is 0 Å². The van der Waals surface area contributed by atoms with E-state index in [-0.39, 0.29) is 34.9 Å². The molecule has 2 unspecified atom stereocenters. The molecule has 0 N–H and O–H groups in total. The van der Waals surface area contributed by atoms with Gasteiger partial charge < -0.3 is 28.7 Å². The maximum Gasteiger partial charge on any atom is 0.222 e. The molecule has 114 valence electrons. The molecule has 0 aliphatic carbocycles. The lowest BCUT2D eigenvalue weighted by molar-refractivity contribution is -0.00000460. The van der Waals surface area contributed by atoms with E-state index in [0.717, 1.165) is 6.61 Å². The number of rotatable bonds is 10. The van der Waals surface area contributed by atoms with E-state index < -0.39 is 0 Å². The van der Waals surface area contributed by atoms with Crippen LogP contribution < -0.4 is 24.0 Å². The molecule has 0 saturated carbocycles. The van der Waals surface area contributed by atoms with Gasteiger partial charge in [0.25, 0.3) is 0 Å². The van der Waals surface area contributed by atoms with E-state index in [4.69, 9.17) is 4.74 Å². The van der Waals surface area contributed by atoms with Gasteiger partial charge in [-0.3, -0.25) is 0 Å². The summed E-state index contributed by atoms with van der Waals surface area (Å²) in [4.78, 5) is 1.44. The maximum atomic E-state index is 5.76. The van der Waals surface area contributed by atoms with E-state index in [1.54, 1.807) is 0 Å². The zero-order valence-electron chi connectivity index (χ0n) is 12.8. The number of hydrogen-bond acceptors (Lipinski definition) is 1. The van der Waals surface area contributed by atoms with Crippen molar-refractivity contribution in [1.82, 2.24) is 0 Å². The van der Waals surface area contributed by atoms with Gasteiger partial charge in [0.1, 0.15) is 11.2 Å². The van der Waals surface area contributed by atoms with E-state index in [9.17, 15) is 0 Å². The Morgan fingerprint density at radius 2 is 1.79 bits per heavy atom. The van der Waals surface area contributed by atoms with Crippen LogP contribution in [0.2, 0.25) is 0 Å². The summed E-state index contributed by atoms with van der Waals surface area (Å²) in [5.41, 5.74) is 0.488. The number of ether oxygens (including phenoxy) is 1. The minimum absolute atomic E-state index is 0. The topological polar surface area (TPSA) is 9.23 Å². The highest BCUT2D eigenvalue weighted by Gasteiger charge is 2.32. The molecule has 19 heavy (non-hydrogen) atoms. The highest BCUT2D eigenvalue weighted by molar-refractivity contribution is 8.00. The molecule has 1 heterocycles. The van der Waals surface area contributed by atoms with Crippen LogP contribution in [-0.4, -0.2) is 18.3 Å². The SMILES string of the molecule is C=C(CCCCCCCCC)[S+](C)C1CCCO1.[I-]. The van der Waals surface area contributed by atoms with Crippen molar-refractivity contribution in [2.24, 2.45) is 0 Å². The van der Waals surface area contributed by atoms with Gasteiger partial charge in [0.05, 0.1) is 6.61 Å². The van der Waals surface area contributed by atoms with E-state index in [2.05, 4.69) is 19.8 Å². The van der Waals surface area contributed by atoms with Crippen molar-refractivity contribution in [1.29, 1.82) is 0 Å². The predicted molar refractivity (Wildman–Crippen MR) is 84.0 cm³/mol. The summed E-state index contributed by atoms with van der Waals surface area (Å²) >= 11 is 0. The first-order valence-electron chi connectivity index (χ1n) is 7.69. The molecule has 0 spiro atoms. The lowest BCUT2D eigenvalue weighted by atomic mass is 10.1. The molecule has 1 aliphatic heterocycles. The van der Waals surface area contributed by atoms with Crippen LogP contribution in [-0.2, 0) is 15.6 Å². The van der Waals surface area contributed by atoms with Crippen molar-refractivity contribution >= 4 is 10.9 Å². The van der Waals surface area contributed by atoms with Crippen LogP contribution in [0.5, 0.6) is 0 Å². The van der Waals surface area contributed by atoms with Crippen molar-refractivity contribution in [2.45, 2.75) is 76.6 Å². The van der Waals surface area contributed by atoms with E-state index in [0.29, 0.717) is 5.44 Å². The minimum Gasteiger partial charge on any atom is -1.00 e. The van der Waals surface area contributed by atoms with Gasteiger partial charge >= 0.3 is 0 Å². The zero-order chi connectivity index (χ0) is 13.2. The lowest BCUT2D eigenvalue weighted by Gasteiger charge is -2.11. The first kappa shape index (κ1) is 19.8. The Kier molecular flexibility index (Phi) is 13.0. The number of allylic oxidation sites excluding steroid dienone is 1.